The van der Waals surface area contributed by atoms with Gasteiger partial charge >= 0.3 is 0 Å². The molecule has 3 rings (SSSR count). The number of aryl methyl sites for hydroxylation is 3. The van der Waals surface area contributed by atoms with Gasteiger partial charge in [0, 0.05) is 30.5 Å². The summed E-state index contributed by atoms with van der Waals surface area (Å²) in [4.78, 5) is 10.5. The van der Waals surface area contributed by atoms with Crippen LogP contribution in [0.5, 0.6) is 0 Å². The van der Waals surface area contributed by atoms with Crippen LogP contribution in [0.3, 0.4) is 0 Å². The fraction of sp³-hybridized carbons (Fsp3) is 0.545. The topological polar surface area (TPSA) is 58.5 Å². The molecule has 0 radical (unpaired) electrons. The molecule has 1 aromatic heterocycles. The van der Waals surface area contributed by atoms with Crippen molar-refractivity contribution in [3.05, 3.63) is 51.0 Å². The van der Waals surface area contributed by atoms with Crippen LogP contribution in [-0.2, 0) is 11.3 Å². The normalized spacial score (nSPS) is 20.2. The highest BCUT2D eigenvalue weighted by molar-refractivity contribution is 7.11. The van der Waals surface area contributed by atoms with Gasteiger partial charge < -0.3 is 15.4 Å². The summed E-state index contributed by atoms with van der Waals surface area (Å²) in [6.45, 7) is 11.5. The van der Waals surface area contributed by atoms with Crippen LogP contribution in [-0.4, -0.2) is 30.6 Å². The number of ether oxygens (including phenoxy) is 1. The van der Waals surface area contributed by atoms with Crippen molar-refractivity contribution < 1.29 is 4.74 Å². The molecule has 2 atom stereocenters. The summed E-state index contributed by atoms with van der Waals surface area (Å²) >= 11 is 1.73. The highest BCUT2D eigenvalue weighted by atomic mass is 32.1. The van der Waals surface area contributed by atoms with Crippen molar-refractivity contribution in [3.63, 3.8) is 0 Å². The molecule has 2 aromatic rings. The number of benzene rings is 1. The zero-order valence-electron chi connectivity index (χ0n) is 17.4. The maximum Gasteiger partial charge on any atom is 0.191 e. The predicted molar refractivity (Wildman–Crippen MR) is 117 cm³/mol. The van der Waals surface area contributed by atoms with Crippen LogP contribution in [0.4, 0.5) is 0 Å². The van der Waals surface area contributed by atoms with E-state index in [-0.39, 0.29) is 6.10 Å². The molecule has 1 aliphatic heterocycles. The number of aliphatic imine (C=N–C) groups is 1. The van der Waals surface area contributed by atoms with Crippen molar-refractivity contribution in [2.75, 3.05) is 19.7 Å². The fourth-order valence-electron chi connectivity index (χ4n) is 3.62. The van der Waals surface area contributed by atoms with Crippen LogP contribution >= 0.6 is 11.3 Å². The third-order valence-corrected chi connectivity index (χ3v) is 6.16. The van der Waals surface area contributed by atoms with E-state index in [2.05, 4.69) is 60.7 Å². The standard InChI is InChI=1S/C22H32N4OS/c1-5-23-22(25-14-20-16(3)26-17(4)28-20)24-13-19-7-6-12-27-21(19)18-10-8-15(2)9-11-18/h8-11,19,21H,5-7,12-14H2,1-4H3,(H2,23,24,25). The molecule has 2 heterocycles. The second kappa shape index (κ2) is 10.0. The number of rotatable bonds is 6. The average Bonchev–Trinajstić information content (AvgIpc) is 3.02. The molecule has 28 heavy (non-hydrogen) atoms. The Hall–Kier alpha value is -1.92. The Morgan fingerprint density at radius 3 is 2.68 bits per heavy atom. The van der Waals surface area contributed by atoms with Crippen LogP contribution in [0.2, 0.25) is 0 Å². The van der Waals surface area contributed by atoms with Crippen LogP contribution in [0.1, 0.15) is 52.6 Å². The SMILES string of the molecule is CCNC(=NCc1sc(C)nc1C)NCC1CCCOC1c1ccc(C)cc1. The molecule has 1 aliphatic rings. The third-order valence-electron chi connectivity index (χ3n) is 5.11. The Balaban J connectivity index is 1.64. The molecule has 0 saturated carbocycles. The average molecular weight is 401 g/mol. The first-order valence-electron chi connectivity index (χ1n) is 10.2. The molecule has 6 heteroatoms. The first-order chi connectivity index (χ1) is 13.6. The Bertz CT molecular complexity index is 784. The molecular weight excluding hydrogens is 368 g/mol. The van der Waals surface area contributed by atoms with Gasteiger partial charge in [0.1, 0.15) is 0 Å². The smallest absolute Gasteiger partial charge is 0.191 e. The first kappa shape index (κ1) is 20.8. The quantitative estimate of drug-likeness (QED) is 0.561. The predicted octanol–water partition coefficient (Wildman–Crippen LogP) is 4.29. The van der Waals surface area contributed by atoms with Gasteiger partial charge in [0.15, 0.2) is 5.96 Å². The summed E-state index contributed by atoms with van der Waals surface area (Å²) in [5.74, 6) is 1.30. The van der Waals surface area contributed by atoms with Crippen LogP contribution in [0.15, 0.2) is 29.3 Å². The van der Waals surface area contributed by atoms with E-state index in [4.69, 9.17) is 9.73 Å². The summed E-state index contributed by atoms with van der Waals surface area (Å²) in [7, 11) is 0. The van der Waals surface area contributed by atoms with Crippen LogP contribution in [0, 0.1) is 26.7 Å². The second-order valence-corrected chi connectivity index (χ2v) is 8.71. The van der Waals surface area contributed by atoms with Crippen molar-refractivity contribution in [3.8, 4) is 0 Å². The number of guanidine groups is 1. The summed E-state index contributed by atoms with van der Waals surface area (Å²) in [5, 5.41) is 8.00. The molecule has 0 bridgehead atoms. The van der Waals surface area contributed by atoms with E-state index >= 15 is 0 Å². The number of thiazole rings is 1. The molecule has 5 nitrogen and oxygen atoms in total. The van der Waals surface area contributed by atoms with Gasteiger partial charge in [-0.15, -0.1) is 11.3 Å². The minimum absolute atomic E-state index is 0.149. The summed E-state index contributed by atoms with van der Waals surface area (Å²) < 4.78 is 6.15. The van der Waals surface area contributed by atoms with E-state index < -0.39 is 0 Å². The van der Waals surface area contributed by atoms with Gasteiger partial charge in [0.25, 0.3) is 0 Å². The number of nitrogens with one attached hydrogen (secondary N) is 2. The third kappa shape index (κ3) is 5.55. The largest absolute Gasteiger partial charge is 0.373 e. The molecule has 1 saturated heterocycles. The lowest BCUT2D eigenvalue weighted by Gasteiger charge is -2.32. The molecule has 152 valence electrons. The molecule has 2 N–H and O–H groups in total. The van der Waals surface area contributed by atoms with Gasteiger partial charge in [-0.05, 0) is 46.1 Å². The van der Waals surface area contributed by atoms with Crippen molar-refractivity contribution in [1.82, 2.24) is 15.6 Å². The Morgan fingerprint density at radius 1 is 1.21 bits per heavy atom. The minimum Gasteiger partial charge on any atom is -0.373 e. The van der Waals surface area contributed by atoms with E-state index in [1.54, 1.807) is 11.3 Å². The van der Waals surface area contributed by atoms with Crippen molar-refractivity contribution in [1.29, 1.82) is 0 Å². The molecular formula is C22H32N4OS. The Morgan fingerprint density at radius 2 is 2.00 bits per heavy atom. The Labute approximate surface area is 172 Å². The zero-order valence-corrected chi connectivity index (χ0v) is 18.2. The Kier molecular flexibility index (Phi) is 7.45. The highest BCUT2D eigenvalue weighted by Crippen LogP contribution is 2.33. The van der Waals surface area contributed by atoms with E-state index in [0.29, 0.717) is 12.5 Å². The van der Waals surface area contributed by atoms with E-state index in [9.17, 15) is 0 Å². The lowest BCUT2D eigenvalue weighted by molar-refractivity contribution is -0.0265. The summed E-state index contributed by atoms with van der Waals surface area (Å²) in [6, 6.07) is 8.74. The zero-order chi connectivity index (χ0) is 19.9. The van der Waals surface area contributed by atoms with Crippen molar-refractivity contribution >= 4 is 17.3 Å². The maximum absolute atomic E-state index is 6.15. The maximum atomic E-state index is 6.15. The minimum atomic E-state index is 0.149. The number of aromatic nitrogens is 1. The van der Waals surface area contributed by atoms with Gasteiger partial charge in [-0.1, -0.05) is 29.8 Å². The van der Waals surface area contributed by atoms with E-state index in [1.165, 1.54) is 16.0 Å². The molecule has 0 amide bonds. The molecule has 0 spiro atoms. The number of hydrogen-bond donors (Lipinski definition) is 2. The van der Waals surface area contributed by atoms with Crippen molar-refractivity contribution in [2.45, 2.75) is 53.2 Å². The van der Waals surface area contributed by atoms with Crippen molar-refractivity contribution in [2.24, 2.45) is 10.9 Å². The van der Waals surface area contributed by atoms with E-state index in [0.717, 1.165) is 49.2 Å². The van der Waals surface area contributed by atoms with Gasteiger partial charge in [-0.2, -0.15) is 0 Å². The highest BCUT2D eigenvalue weighted by Gasteiger charge is 2.27. The number of hydrogen-bond acceptors (Lipinski definition) is 4. The molecule has 2 unspecified atom stereocenters. The monoisotopic (exact) mass is 400 g/mol. The van der Waals surface area contributed by atoms with Gasteiger partial charge in [-0.3, -0.25) is 0 Å². The summed E-state index contributed by atoms with van der Waals surface area (Å²) in [6.07, 6.45) is 2.43. The molecule has 1 fully saturated rings. The lowest BCUT2D eigenvalue weighted by Crippen LogP contribution is -2.42. The van der Waals surface area contributed by atoms with Gasteiger partial charge in [-0.25, -0.2) is 9.98 Å². The molecule has 1 aromatic carbocycles. The second-order valence-electron chi connectivity index (χ2n) is 7.42. The number of nitrogens with zero attached hydrogens (tertiary/aromatic N) is 2. The van der Waals surface area contributed by atoms with Crippen LogP contribution in [0.25, 0.3) is 0 Å². The fourth-order valence-corrected chi connectivity index (χ4v) is 4.48. The van der Waals surface area contributed by atoms with Gasteiger partial charge in [0.05, 0.1) is 23.4 Å². The van der Waals surface area contributed by atoms with Crippen LogP contribution < -0.4 is 10.6 Å². The lowest BCUT2D eigenvalue weighted by atomic mass is 9.89. The molecule has 0 aliphatic carbocycles. The summed E-state index contributed by atoms with van der Waals surface area (Å²) in [5.41, 5.74) is 3.64. The van der Waals surface area contributed by atoms with E-state index in [1.807, 2.05) is 6.92 Å². The van der Waals surface area contributed by atoms with Gasteiger partial charge in [0.2, 0.25) is 0 Å². The first-order valence-corrected chi connectivity index (χ1v) is 11.0.